The minimum atomic E-state index is -0.0877. The van der Waals surface area contributed by atoms with E-state index in [0.717, 1.165) is 44.2 Å². The molecule has 0 fully saturated rings. The number of aromatic nitrogens is 2. The van der Waals surface area contributed by atoms with Crippen LogP contribution in [-0.2, 0) is 37.3 Å². The van der Waals surface area contributed by atoms with Crippen LogP contribution < -0.4 is 0 Å². The maximum Gasteiger partial charge on any atom is 0.136 e. The maximum atomic E-state index is 11.7. The summed E-state index contributed by atoms with van der Waals surface area (Å²) in [6.07, 6.45) is 0. The van der Waals surface area contributed by atoms with Crippen LogP contribution in [0, 0.1) is 20.8 Å². The Morgan fingerprint density at radius 2 is 1.00 bits per heavy atom. The Hall–Kier alpha value is -5.51. The van der Waals surface area contributed by atoms with Gasteiger partial charge in [-0.1, -0.05) is 117 Å². The van der Waals surface area contributed by atoms with E-state index in [1.54, 1.807) is 6.07 Å². The molecule has 0 bridgehead atoms. The van der Waals surface area contributed by atoms with Gasteiger partial charge < -0.3 is 14.6 Å². The Morgan fingerprint density at radius 3 is 1.64 bits per heavy atom. The van der Waals surface area contributed by atoms with Gasteiger partial charge in [-0.05, 0) is 147 Å². The minimum absolute atomic E-state index is 0. The first-order chi connectivity index (χ1) is 28.2. The zero-order valence-electron chi connectivity index (χ0n) is 37.4. The molecule has 0 saturated carbocycles. The second-order valence-electron chi connectivity index (χ2n) is 19.7. The third kappa shape index (κ3) is 8.42. The maximum absolute atomic E-state index is 11.7. The third-order valence-electron chi connectivity index (χ3n) is 11.9. The Kier molecular flexibility index (Phi) is 11.3. The summed E-state index contributed by atoms with van der Waals surface area (Å²) < 4.78 is 6.29. The number of rotatable bonds is 5. The van der Waals surface area contributed by atoms with Crippen molar-refractivity contribution < 1.29 is 35.7 Å². The number of benzene rings is 5. The third-order valence-corrected chi connectivity index (χ3v) is 11.9. The fourth-order valence-electron chi connectivity index (χ4n) is 8.29. The first kappa shape index (κ1) is 43.6. The molecule has 6 heteroatoms. The molecule has 0 atom stereocenters. The monoisotopic (exact) mass is 987 g/mol. The van der Waals surface area contributed by atoms with E-state index in [0.29, 0.717) is 39.5 Å². The van der Waals surface area contributed by atoms with E-state index in [1.165, 1.54) is 27.8 Å². The molecule has 3 heterocycles. The zero-order chi connectivity index (χ0) is 43.1. The van der Waals surface area contributed by atoms with Gasteiger partial charge in [0, 0.05) is 43.0 Å². The van der Waals surface area contributed by atoms with Crippen molar-refractivity contribution >= 4 is 21.9 Å². The molecule has 314 valence electrons. The number of nitrogens with zero attached hydrogens (tertiary/aromatic N) is 2. The predicted molar refractivity (Wildman–Crippen MR) is 250 cm³/mol. The van der Waals surface area contributed by atoms with Crippen molar-refractivity contribution in [3.8, 4) is 67.7 Å². The van der Waals surface area contributed by atoms with Crippen LogP contribution in [0.4, 0.5) is 0 Å². The predicted octanol–water partition coefficient (Wildman–Crippen LogP) is 14.9. The quantitative estimate of drug-likeness (QED) is 0.180. The summed E-state index contributed by atoms with van der Waals surface area (Å²) in [4.78, 5) is 10.4. The van der Waals surface area contributed by atoms with E-state index in [1.807, 2.05) is 55.5 Å². The van der Waals surface area contributed by atoms with Crippen molar-refractivity contribution in [3.63, 3.8) is 0 Å². The van der Waals surface area contributed by atoms with Crippen molar-refractivity contribution in [3.05, 3.63) is 143 Å². The number of para-hydroxylation sites is 1. The number of furan rings is 1. The van der Waals surface area contributed by atoms with E-state index in [2.05, 4.69) is 131 Å². The van der Waals surface area contributed by atoms with Gasteiger partial charge in [0.2, 0.25) is 0 Å². The summed E-state index contributed by atoms with van der Waals surface area (Å²) in [6, 6.07) is 37.1. The summed E-state index contributed by atoms with van der Waals surface area (Å²) in [5.74, 6) is 0.314. The largest absolute Gasteiger partial charge is 0.507 e. The SMILES string of the molecule is Cc1cc(-c2c(C)cc(C(C)(C)C)cc2C)cc(-c2cccc(-c3cc(-c4cc(C(C)(C)C)cc(C(C)(C)C)c4)cc(-c4cc5oc6ccccc6c5cc4O)n3)n2)c1O.[Pt]. The van der Waals surface area contributed by atoms with Crippen molar-refractivity contribution in [1.29, 1.82) is 0 Å². The van der Waals surface area contributed by atoms with Crippen LogP contribution in [0.25, 0.3) is 78.1 Å². The van der Waals surface area contributed by atoms with Gasteiger partial charge in [0.1, 0.15) is 22.7 Å². The second-order valence-corrected chi connectivity index (χ2v) is 19.7. The van der Waals surface area contributed by atoms with E-state index in [-0.39, 0.29) is 48.8 Å². The van der Waals surface area contributed by atoms with Crippen molar-refractivity contribution in [2.24, 2.45) is 0 Å². The number of aryl methyl sites for hydroxylation is 3. The molecule has 5 aromatic carbocycles. The van der Waals surface area contributed by atoms with Gasteiger partial charge in [0.25, 0.3) is 0 Å². The number of hydrogen-bond donors (Lipinski definition) is 2. The molecule has 61 heavy (non-hydrogen) atoms. The molecule has 0 aliphatic rings. The van der Waals surface area contributed by atoms with Gasteiger partial charge in [-0.25, -0.2) is 9.97 Å². The van der Waals surface area contributed by atoms with Gasteiger partial charge >= 0.3 is 0 Å². The Bertz CT molecular complexity index is 2930. The first-order valence-corrected chi connectivity index (χ1v) is 20.9. The zero-order valence-corrected chi connectivity index (χ0v) is 39.7. The molecule has 0 saturated heterocycles. The van der Waals surface area contributed by atoms with Crippen molar-refractivity contribution in [2.75, 3.05) is 0 Å². The fraction of sp³-hybridized carbons (Fsp3) is 0.273. The van der Waals surface area contributed by atoms with Gasteiger partial charge in [0.15, 0.2) is 0 Å². The van der Waals surface area contributed by atoms with Crippen LogP contribution in [0.5, 0.6) is 11.5 Å². The molecular weight excluding hydrogens is 932 g/mol. The van der Waals surface area contributed by atoms with E-state index >= 15 is 0 Å². The molecule has 0 amide bonds. The van der Waals surface area contributed by atoms with Crippen LogP contribution in [0.15, 0.2) is 114 Å². The average molecular weight is 988 g/mol. The number of pyridine rings is 2. The molecular formula is C55H56N2O3Pt. The molecule has 0 aliphatic carbocycles. The Labute approximate surface area is 375 Å². The van der Waals surface area contributed by atoms with Crippen LogP contribution >= 0.6 is 0 Å². The smallest absolute Gasteiger partial charge is 0.136 e. The molecule has 0 unspecified atom stereocenters. The molecule has 8 aromatic rings. The minimum Gasteiger partial charge on any atom is -0.507 e. The molecule has 2 N–H and O–H groups in total. The van der Waals surface area contributed by atoms with Crippen LogP contribution in [0.1, 0.15) is 95.7 Å². The fourth-order valence-corrected chi connectivity index (χ4v) is 8.29. The van der Waals surface area contributed by atoms with Crippen molar-refractivity contribution in [1.82, 2.24) is 9.97 Å². The van der Waals surface area contributed by atoms with Crippen LogP contribution in [0.2, 0.25) is 0 Å². The van der Waals surface area contributed by atoms with E-state index < -0.39 is 0 Å². The Balaban J connectivity index is 0.00000561. The van der Waals surface area contributed by atoms with Gasteiger partial charge in [-0.3, -0.25) is 0 Å². The Morgan fingerprint density at radius 1 is 0.443 bits per heavy atom. The number of fused-ring (bicyclic) bond motifs is 3. The summed E-state index contributed by atoms with van der Waals surface area (Å²) in [7, 11) is 0. The second kappa shape index (κ2) is 15.7. The molecule has 8 rings (SSSR count). The molecule has 0 aliphatic heterocycles. The number of hydrogen-bond acceptors (Lipinski definition) is 5. The van der Waals surface area contributed by atoms with Gasteiger partial charge in [-0.15, -0.1) is 0 Å². The molecule has 0 radical (unpaired) electrons. The van der Waals surface area contributed by atoms with Gasteiger partial charge in [0.05, 0.1) is 22.8 Å². The van der Waals surface area contributed by atoms with Gasteiger partial charge in [-0.2, -0.15) is 0 Å². The average Bonchev–Trinajstić information content (AvgIpc) is 3.54. The normalized spacial score (nSPS) is 12.3. The molecule has 0 spiro atoms. The number of phenols is 2. The van der Waals surface area contributed by atoms with E-state index in [9.17, 15) is 10.2 Å². The van der Waals surface area contributed by atoms with Crippen LogP contribution in [-0.4, -0.2) is 20.2 Å². The summed E-state index contributed by atoms with van der Waals surface area (Å²) >= 11 is 0. The summed E-state index contributed by atoms with van der Waals surface area (Å²) in [6.45, 7) is 26.5. The molecule has 5 nitrogen and oxygen atoms in total. The topological polar surface area (TPSA) is 79.4 Å². The number of aromatic hydroxyl groups is 2. The van der Waals surface area contributed by atoms with E-state index in [4.69, 9.17) is 14.4 Å². The summed E-state index contributed by atoms with van der Waals surface area (Å²) in [5, 5.41) is 25.1. The van der Waals surface area contributed by atoms with Crippen LogP contribution in [0.3, 0.4) is 0 Å². The molecule has 3 aromatic heterocycles. The first-order valence-electron chi connectivity index (χ1n) is 20.9. The standard InChI is InChI=1S/C55H56N2O3.Pt/c1-31-21-37(53(4,5)6)22-32(2)51(31)36-20-33(3)52(59)43(25-36)44-17-15-18-45(56-44)47-27-35(34-23-38(54(7,8)9)28-39(24-34)55(10,11)12)26-46(57-47)42-30-50-41(29-48(42)58)40-16-13-14-19-49(40)60-50;/h13-30,58-59H,1-12H3;. The van der Waals surface area contributed by atoms with Crippen molar-refractivity contribution in [2.45, 2.75) is 99.3 Å². The number of phenolic OH excluding ortho intramolecular Hbond substituents is 2. The summed E-state index contributed by atoms with van der Waals surface area (Å²) in [5.41, 5.74) is 16.2.